The molecule has 1 rings (SSSR count). The Bertz CT molecular complexity index is 281. The topological polar surface area (TPSA) is 9.23 Å². The summed E-state index contributed by atoms with van der Waals surface area (Å²) < 4.78 is 5.27. The first kappa shape index (κ1) is 9.59. The standard InChI is InChI=1S/C10H13BrO/c1-7-4-8(2)9(6-11)10(5-7)12-3/h4-5H,6H2,1-3H3. The van der Waals surface area contributed by atoms with Gasteiger partial charge in [0.2, 0.25) is 0 Å². The summed E-state index contributed by atoms with van der Waals surface area (Å²) in [4.78, 5) is 0. The minimum absolute atomic E-state index is 0.849. The maximum Gasteiger partial charge on any atom is 0.123 e. The second-order valence-electron chi connectivity index (χ2n) is 2.90. The fraction of sp³-hybridized carbons (Fsp3) is 0.400. The van der Waals surface area contributed by atoms with E-state index in [-0.39, 0.29) is 0 Å². The number of hydrogen-bond donors (Lipinski definition) is 0. The van der Waals surface area contributed by atoms with Crippen LogP contribution in [-0.4, -0.2) is 7.11 Å². The molecule has 0 heterocycles. The zero-order valence-corrected chi connectivity index (χ0v) is 9.23. The highest BCUT2D eigenvalue weighted by atomic mass is 79.9. The van der Waals surface area contributed by atoms with Crippen LogP contribution in [0.2, 0.25) is 0 Å². The lowest BCUT2D eigenvalue weighted by Gasteiger charge is -2.10. The van der Waals surface area contributed by atoms with Crippen molar-refractivity contribution in [1.82, 2.24) is 0 Å². The molecule has 66 valence electrons. The molecule has 12 heavy (non-hydrogen) atoms. The number of hydrogen-bond acceptors (Lipinski definition) is 1. The first-order valence-electron chi connectivity index (χ1n) is 3.89. The molecule has 0 aromatic heterocycles. The van der Waals surface area contributed by atoms with E-state index in [1.807, 2.05) is 0 Å². The third-order valence-corrected chi connectivity index (χ3v) is 2.49. The molecule has 0 saturated heterocycles. The minimum Gasteiger partial charge on any atom is -0.496 e. The zero-order valence-electron chi connectivity index (χ0n) is 7.65. The smallest absolute Gasteiger partial charge is 0.123 e. The molecule has 0 bridgehead atoms. The van der Waals surface area contributed by atoms with Crippen molar-refractivity contribution in [1.29, 1.82) is 0 Å². The lowest BCUT2D eigenvalue weighted by atomic mass is 10.1. The average Bonchev–Trinajstić information content (AvgIpc) is 2.03. The van der Waals surface area contributed by atoms with Crippen molar-refractivity contribution in [3.8, 4) is 5.75 Å². The highest BCUT2D eigenvalue weighted by molar-refractivity contribution is 9.08. The molecule has 1 aromatic rings. The van der Waals surface area contributed by atoms with E-state index >= 15 is 0 Å². The number of rotatable bonds is 2. The number of benzene rings is 1. The molecule has 0 fully saturated rings. The van der Waals surface area contributed by atoms with E-state index in [2.05, 4.69) is 41.9 Å². The van der Waals surface area contributed by atoms with Gasteiger partial charge in [-0.2, -0.15) is 0 Å². The third-order valence-electron chi connectivity index (χ3n) is 1.93. The van der Waals surface area contributed by atoms with Crippen LogP contribution in [0.3, 0.4) is 0 Å². The van der Waals surface area contributed by atoms with Gasteiger partial charge in [0.05, 0.1) is 7.11 Å². The van der Waals surface area contributed by atoms with E-state index in [1.165, 1.54) is 16.7 Å². The SMILES string of the molecule is COc1cc(C)cc(C)c1CBr. The predicted molar refractivity (Wildman–Crippen MR) is 55.1 cm³/mol. The van der Waals surface area contributed by atoms with Crippen molar-refractivity contribution in [3.05, 3.63) is 28.8 Å². The Morgan fingerprint density at radius 2 is 2.00 bits per heavy atom. The molecule has 2 heteroatoms. The van der Waals surface area contributed by atoms with Crippen LogP contribution in [0.5, 0.6) is 5.75 Å². The van der Waals surface area contributed by atoms with Gasteiger partial charge in [-0.1, -0.05) is 22.0 Å². The summed E-state index contributed by atoms with van der Waals surface area (Å²) in [5, 5.41) is 0.849. The van der Waals surface area contributed by atoms with Crippen LogP contribution in [0, 0.1) is 13.8 Å². The molecule has 0 atom stereocenters. The van der Waals surface area contributed by atoms with Gasteiger partial charge in [0.15, 0.2) is 0 Å². The lowest BCUT2D eigenvalue weighted by Crippen LogP contribution is -1.93. The van der Waals surface area contributed by atoms with Crippen LogP contribution in [-0.2, 0) is 5.33 Å². The summed E-state index contributed by atoms with van der Waals surface area (Å²) in [6.45, 7) is 4.18. The van der Waals surface area contributed by atoms with E-state index in [0.717, 1.165) is 11.1 Å². The van der Waals surface area contributed by atoms with Crippen LogP contribution in [0.15, 0.2) is 12.1 Å². The van der Waals surface area contributed by atoms with Crippen LogP contribution in [0.4, 0.5) is 0 Å². The van der Waals surface area contributed by atoms with Crippen molar-refractivity contribution in [3.63, 3.8) is 0 Å². The molecular weight excluding hydrogens is 216 g/mol. The Balaban J connectivity index is 3.24. The molecule has 0 unspecified atom stereocenters. The number of aryl methyl sites for hydroxylation is 2. The van der Waals surface area contributed by atoms with Gasteiger partial charge in [-0.15, -0.1) is 0 Å². The zero-order chi connectivity index (χ0) is 9.14. The highest BCUT2D eigenvalue weighted by Gasteiger charge is 2.04. The number of ether oxygens (including phenoxy) is 1. The van der Waals surface area contributed by atoms with Crippen LogP contribution in [0.1, 0.15) is 16.7 Å². The monoisotopic (exact) mass is 228 g/mol. The van der Waals surface area contributed by atoms with Crippen molar-refractivity contribution in [2.45, 2.75) is 19.2 Å². The Morgan fingerprint density at radius 3 is 2.50 bits per heavy atom. The molecule has 0 N–H and O–H groups in total. The third kappa shape index (κ3) is 1.81. The number of methoxy groups -OCH3 is 1. The Hall–Kier alpha value is -0.500. The van der Waals surface area contributed by atoms with E-state index in [1.54, 1.807) is 7.11 Å². The quantitative estimate of drug-likeness (QED) is 0.707. The first-order chi connectivity index (χ1) is 5.69. The summed E-state index contributed by atoms with van der Waals surface area (Å²) in [6, 6.07) is 4.22. The first-order valence-corrected chi connectivity index (χ1v) is 5.01. The van der Waals surface area contributed by atoms with Crippen molar-refractivity contribution in [2.24, 2.45) is 0 Å². The molecule has 0 aliphatic carbocycles. The number of halogens is 1. The van der Waals surface area contributed by atoms with Crippen molar-refractivity contribution in [2.75, 3.05) is 7.11 Å². The molecule has 0 amide bonds. The summed E-state index contributed by atoms with van der Waals surface area (Å²) in [5.74, 6) is 0.976. The molecule has 1 nitrogen and oxygen atoms in total. The van der Waals surface area contributed by atoms with E-state index in [0.29, 0.717) is 0 Å². The van der Waals surface area contributed by atoms with Gasteiger partial charge < -0.3 is 4.74 Å². The van der Waals surface area contributed by atoms with E-state index in [9.17, 15) is 0 Å². The van der Waals surface area contributed by atoms with Gasteiger partial charge in [0.1, 0.15) is 5.75 Å². The Morgan fingerprint density at radius 1 is 1.33 bits per heavy atom. The van der Waals surface area contributed by atoms with Crippen LogP contribution >= 0.6 is 15.9 Å². The second-order valence-corrected chi connectivity index (χ2v) is 3.46. The average molecular weight is 229 g/mol. The Labute approximate surface area is 81.9 Å². The largest absolute Gasteiger partial charge is 0.496 e. The van der Waals surface area contributed by atoms with Gasteiger partial charge in [-0.3, -0.25) is 0 Å². The van der Waals surface area contributed by atoms with Crippen molar-refractivity contribution < 1.29 is 4.74 Å². The molecule has 1 aromatic carbocycles. The van der Waals surface area contributed by atoms with Gasteiger partial charge in [-0.25, -0.2) is 0 Å². The molecule has 0 aliphatic rings. The fourth-order valence-corrected chi connectivity index (χ4v) is 2.03. The lowest BCUT2D eigenvalue weighted by molar-refractivity contribution is 0.410. The maximum atomic E-state index is 5.27. The van der Waals surface area contributed by atoms with Gasteiger partial charge >= 0.3 is 0 Å². The highest BCUT2D eigenvalue weighted by Crippen LogP contribution is 2.25. The molecule has 0 saturated carbocycles. The second kappa shape index (κ2) is 3.94. The molecule has 0 radical (unpaired) electrons. The number of alkyl halides is 1. The normalized spacial score (nSPS) is 10.0. The van der Waals surface area contributed by atoms with E-state index < -0.39 is 0 Å². The van der Waals surface area contributed by atoms with Gasteiger partial charge in [-0.05, 0) is 31.0 Å². The van der Waals surface area contributed by atoms with Crippen LogP contribution in [0.25, 0.3) is 0 Å². The predicted octanol–water partition coefficient (Wildman–Crippen LogP) is 3.21. The molecular formula is C10H13BrO. The Kier molecular flexibility index (Phi) is 3.15. The van der Waals surface area contributed by atoms with Crippen LogP contribution < -0.4 is 4.74 Å². The minimum atomic E-state index is 0.849. The summed E-state index contributed by atoms with van der Waals surface area (Å²) in [6.07, 6.45) is 0. The molecule has 0 aliphatic heterocycles. The summed E-state index contributed by atoms with van der Waals surface area (Å²) in [7, 11) is 1.71. The summed E-state index contributed by atoms with van der Waals surface area (Å²) >= 11 is 3.44. The van der Waals surface area contributed by atoms with Gasteiger partial charge in [0, 0.05) is 10.9 Å². The van der Waals surface area contributed by atoms with Gasteiger partial charge in [0.25, 0.3) is 0 Å². The van der Waals surface area contributed by atoms with Crippen molar-refractivity contribution >= 4 is 15.9 Å². The summed E-state index contributed by atoms with van der Waals surface area (Å²) in [5.41, 5.74) is 3.76. The maximum absolute atomic E-state index is 5.27. The molecule has 0 spiro atoms. The fourth-order valence-electron chi connectivity index (χ4n) is 1.31. The van der Waals surface area contributed by atoms with E-state index in [4.69, 9.17) is 4.74 Å².